The van der Waals surface area contributed by atoms with Crippen LogP contribution in [0.25, 0.3) is 0 Å². The second kappa shape index (κ2) is 1.95. The molecule has 5 nitrogen and oxygen atoms in total. The van der Waals surface area contributed by atoms with Gasteiger partial charge in [-0.25, -0.2) is 0 Å². The van der Waals surface area contributed by atoms with Crippen LogP contribution in [0.5, 0.6) is 0 Å². The van der Waals surface area contributed by atoms with Gasteiger partial charge in [-0.3, -0.25) is 0 Å². The lowest BCUT2D eigenvalue weighted by Crippen LogP contribution is -2.53. The smallest absolute Gasteiger partial charge is 0.326 e. The lowest BCUT2D eigenvalue weighted by atomic mass is 10.1. The van der Waals surface area contributed by atoms with Gasteiger partial charge in [-0.15, -0.1) is 0 Å². The summed E-state index contributed by atoms with van der Waals surface area (Å²) in [6, 6.07) is 0. The van der Waals surface area contributed by atoms with Gasteiger partial charge in [-0.1, -0.05) is 6.92 Å². The zero-order valence-corrected chi connectivity index (χ0v) is 6.76. The van der Waals surface area contributed by atoms with E-state index in [-0.39, 0.29) is 5.92 Å². The van der Waals surface area contributed by atoms with Gasteiger partial charge in [0.15, 0.2) is 0 Å². The summed E-state index contributed by atoms with van der Waals surface area (Å²) in [5.41, 5.74) is 0. The lowest BCUT2D eigenvalue weighted by Gasteiger charge is -2.36. The lowest BCUT2D eigenvalue weighted by molar-refractivity contribution is -0.345. The van der Waals surface area contributed by atoms with Crippen LogP contribution in [-0.4, -0.2) is 21.0 Å². The van der Waals surface area contributed by atoms with Crippen molar-refractivity contribution in [1.82, 2.24) is 0 Å². The topological polar surface area (TPSA) is 61.8 Å². The van der Waals surface area contributed by atoms with E-state index < -0.39 is 16.4 Å². The highest BCUT2D eigenvalue weighted by molar-refractivity contribution is 7.82. The molecule has 2 saturated heterocycles. The standard InChI is InChI=1S/C5H8O5S/c1-4-2-3-8-5(4)9-11(6,7)10-5/h4H,2-3H2,1H3. The van der Waals surface area contributed by atoms with Crippen molar-refractivity contribution in [3.8, 4) is 0 Å². The first-order valence-electron chi connectivity index (χ1n) is 3.34. The van der Waals surface area contributed by atoms with Gasteiger partial charge in [0.1, 0.15) is 0 Å². The monoisotopic (exact) mass is 180 g/mol. The Morgan fingerprint density at radius 3 is 2.45 bits per heavy atom. The Balaban J connectivity index is 2.17. The first-order valence-corrected chi connectivity index (χ1v) is 4.68. The molecule has 0 radical (unpaired) electrons. The third kappa shape index (κ3) is 0.978. The zero-order chi connectivity index (χ0) is 8.11. The van der Waals surface area contributed by atoms with Crippen molar-refractivity contribution in [3.63, 3.8) is 0 Å². The molecule has 2 aliphatic heterocycles. The summed E-state index contributed by atoms with van der Waals surface area (Å²) in [5.74, 6) is -1.30. The molecule has 0 amide bonds. The Morgan fingerprint density at radius 1 is 1.45 bits per heavy atom. The van der Waals surface area contributed by atoms with E-state index in [1.54, 1.807) is 0 Å². The summed E-state index contributed by atoms with van der Waals surface area (Å²) in [5, 5.41) is 0. The van der Waals surface area contributed by atoms with E-state index in [0.29, 0.717) is 6.61 Å². The second-order valence-electron chi connectivity index (χ2n) is 2.72. The largest absolute Gasteiger partial charge is 0.409 e. The van der Waals surface area contributed by atoms with Crippen LogP contribution in [0, 0.1) is 5.92 Å². The molecule has 0 aliphatic carbocycles. The van der Waals surface area contributed by atoms with Crippen LogP contribution in [0.15, 0.2) is 0 Å². The minimum Gasteiger partial charge on any atom is -0.326 e. The van der Waals surface area contributed by atoms with Crippen LogP contribution in [-0.2, 0) is 23.5 Å². The Kier molecular flexibility index (Phi) is 1.32. The van der Waals surface area contributed by atoms with Crippen molar-refractivity contribution in [3.05, 3.63) is 0 Å². The molecule has 11 heavy (non-hydrogen) atoms. The summed E-state index contributed by atoms with van der Waals surface area (Å²) < 4.78 is 35.0. The third-order valence-corrected chi connectivity index (χ3v) is 2.77. The fourth-order valence-corrected chi connectivity index (χ4v) is 2.21. The molecule has 0 aromatic carbocycles. The minimum absolute atomic E-state index is 0.0222. The average Bonchev–Trinajstić information content (AvgIpc) is 2.10. The molecular weight excluding hydrogens is 172 g/mol. The second-order valence-corrected chi connectivity index (χ2v) is 3.87. The van der Waals surface area contributed by atoms with Crippen LogP contribution in [0.2, 0.25) is 0 Å². The van der Waals surface area contributed by atoms with E-state index in [2.05, 4.69) is 8.37 Å². The van der Waals surface area contributed by atoms with Gasteiger partial charge in [0.25, 0.3) is 0 Å². The Morgan fingerprint density at radius 2 is 2.09 bits per heavy atom. The molecule has 0 saturated carbocycles. The summed E-state index contributed by atoms with van der Waals surface area (Å²) >= 11 is 0. The normalized spacial score (nSPS) is 38.8. The molecule has 6 heteroatoms. The van der Waals surface area contributed by atoms with E-state index in [1.807, 2.05) is 6.92 Å². The Labute approximate surface area is 64.6 Å². The van der Waals surface area contributed by atoms with Crippen LogP contribution in [0.4, 0.5) is 0 Å². The van der Waals surface area contributed by atoms with Crippen molar-refractivity contribution in [2.75, 3.05) is 6.61 Å². The van der Waals surface area contributed by atoms with Crippen LogP contribution < -0.4 is 0 Å². The van der Waals surface area contributed by atoms with Gasteiger partial charge in [0.05, 0.1) is 6.61 Å². The number of ether oxygens (including phenoxy) is 1. The molecule has 2 heterocycles. The maximum absolute atomic E-state index is 10.5. The minimum atomic E-state index is -3.73. The maximum atomic E-state index is 10.5. The third-order valence-electron chi connectivity index (χ3n) is 1.89. The van der Waals surface area contributed by atoms with E-state index in [1.165, 1.54) is 0 Å². The first kappa shape index (κ1) is 7.48. The highest BCUT2D eigenvalue weighted by Gasteiger charge is 2.60. The fraction of sp³-hybridized carbons (Fsp3) is 1.00. The summed E-state index contributed by atoms with van der Waals surface area (Å²) in [4.78, 5) is 0. The van der Waals surface area contributed by atoms with E-state index in [0.717, 1.165) is 6.42 Å². The highest BCUT2D eigenvalue weighted by atomic mass is 32.3. The maximum Gasteiger partial charge on any atom is 0.409 e. The molecule has 0 bridgehead atoms. The molecule has 1 spiro atoms. The molecule has 0 aromatic rings. The van der Waals surface area contributed by atoms with Gasteiger partial charge < -0.3 is 4.74 Å². The number of rotatable bonds is 0. The van der Waals surface area contributed by atoms with E-state index in [4.69, 9.17) is 4.74 Å². The number of hydrogen-bond donors (Lipinski definition) is 0. The van der Waals surface area contributed by atoms with Crippen LogP contribution in [0.1, 0.15) is 13.3 Å². The molecule has 2 fully saturated rings. The first-order chi connectivity index (χ1) is 5.04. The molecular formula is C5H8O5S. The van der Waals surface area contributed by atoms with E-state index >= 15 is 0 Å². The van der Waals surface area contributed by atoms with Crippen molar-refractivity contribution in [1.29, 1.82) is 0 Å². The SMILES string of the molecule is CC1CCOC12OS(=O)(=O)O2. The molecule has 1 unspecified atom stereocenters. The predicted molar refractivity (Wildman–Crippen MR) is 33.6 cm³/mol. The fourth-order valence-electron chi connectivity index (χ4n) is 1.20. The van der Waals surface area contributed by atoms with Gasteiger partial charge in [-0.05, 0) is 6.42 Å². The summed E-state index contributed by atoms with van der Waals surface area (Å²) in [6.07, 6.45) is 0.759. The molecule has 2 rings (SSSR count). The Hall–Kier alpha value is -0.170. The molecule has 64 valence electrons. The predicted octanol–water partition coefficient (Wildman–Crippen LogP) is -0.0118. The van der Waals surface area contributed by atoms with Crippen LogP contribution >= 0.6 is 0 Å². The summed E-state index contributed by atoms with van der Waals surface area (Å²) in [7, 11) is -3.73. The van der Waals surface area contributed by atoms with Crippen molar-refractivity contribution >= 4 is 10.4 Å². The van der Waals surface area contributed by atoms with Gasteiger partial charge in [0, 0.05) is 5.92 Å². The summed E-state index contributed by atoms with van der Waals surface area (Å²) in [6.45, 7) is 2.30. The van der Waals surface area contributed by atoms with Crippen molar-refractivity contribution in [2.45, 2.75) is 19.3 Å². The van der Waals surface area contributed by atoms with Gasteiger partial charge in [-0.2, -0.15) is 16.8 Å². The zero-order valence-electron chi connectivity index (χ0n) is 5.94. The molecule has 0 N–H and O–H groups in total. The quantitative estimate of drug-likeness (QED) is 0.524. The molecule has 1 atom stereocenters. The highest BCUT2D eigenvalue weighted by Crippen LogP contribution is 2.43. The average molecular weight is 180 g/mol. The van der Waals surface area contributed by atoms with Crippen LogP contribution in [0.3, 0.4) is 0 Å². The molecule has 2 aliphatic rings. The van der Waals surface area contributed by atoms with Crippen molar-refractivity contribution < 1.29 is 21.5 Å². The van der Waals surface area contributed by atoms with Gasteiger partial charge >= 0.3 is 16.4 Å². The van der Waals surface area contributed by atoms with Crippen molar-refractivity contribution in [2.24, 2.45) is 5.92 Å². The number of hydrogen-bond acceptors (Lipinski definition) is 5. The van der Waals surface area contributed by atoms with E-state index in [9.17, 15) is 8.42 Å². The molecule has 0 aromatic heterocycles. The van der Waals surface area contributed by atoms with Gasteiger partial charge in [0.2, 0.25) is 0 Å². The Bertz CT molecular complexity index is 257.